The second-order valence-electron chi connectivity index (χ2n) is 5.35. The van der Waals surface area contributed by atoms with Gasteiger partial charge in [0.1, 0.15) is 5.82 Å². The molecule has 0 spiro atoms. The zero-order chi connectivity index (χ0) is 18.0. The van der Waals surface area contributed by atoms with Crippen LogP contribution in [0.3, 0.4) is 0 Å². The van der Waals surface area contributed by atoms with Crippen LogP contribution in [0.4, 0.5) is 4.39 Å². The molecule has 0 aliphatic rings. The molecule has 0 fully saturated rings. The van der Waals surface area contributed by atoms with Crippen molar-refractivity contribution in [3.05, 3.63) is 52.5 Å². The molecule has 6 nitrogen and oxygen atoms in total. The van der Waals surface area contributed by atoms with Crippen LogP contribution in [-0.4, -0.2) is 18.6 Å². The lowest BCUT2D eigenvalue weighted by molar-refractivity contribution is 0.383. The number of rotatable bonds is 6. The van der Waals surface area contributed by atoms with E-state index in [1.807, 2.05) is 6.92 Å². The van der Waals surface area contributed by atoms with Crippen molar-refractivity contribution in [2.75, 3.05) is 0 Å². The van der Waals surface area contributed by atoms with Crippen molar-refractivity contribution < 1.29 is 17.3 Å². The molecular weight excluding hydrogens is 365 g/mol. The van der Waals surface area contributed by atoms with Crippen molar-refractivity contribution in [3.8, 4) is 10.7 Å². The fraction of sp³-hybridized carbons (Fsp3) is 0.250. The minimum atomic E-state index is -3.70. The van der Waals surface area contributed by atoms with Gasteiger partial charge in [-0.3, -0.25) is 0 Å². The normalized spacial score (nSPS) is 11.8. The average Bonchev–Trinajstić information content (AvgIpc) is 3.21. The summed E-state index contributed by atoms with van der Waals surface area (Å²) < 4.78 is 45.6. The van der Waals surface area contributed by atoms with Crippen LogP contribution in [0.1, 0.15) is 23.3 Å². The van der Waals surface area contributed by atoms with Gasteiger partial charge in [0.2, 0.25) is 21.7 Å². The second kappa shape index (κ2) is 7.03. The van der Waals surface area contributed by atoms with Gasteiger partial charge in [0.25, 0.3) is 0 Å². The topological polar surface area (TPSA) is 85.1 Å². The number of hydrogen-bond donors (Lipinski definition) is 1. The number of hydrogen-bond acceptors (Lipinski definition) is 6. The lowest BCUT2D eigenvalue weighted by Gasteiger charge is -2.06. The van der Waals surface area contributed by atoms with Crippen molar-refractivity contribution >= 4 is 21.4 Å². The minimum absolute atomic E-state index is 0.0788. The Morgan fingerprint density at radius 3 is 2.64 bits per heavy atom. The van der Waals surface area contributed by atoms with E-state index in [1.54, 1.807) is 6.92 Å². The molecule has 3 aromatic rings. The van der Waals surface area contributed by atoms with Crippen LogP contribution < -0.4 is 4.72 Å². The van der Waals surface area contributed by atoms with Crippen molar-refractivity contribution in [3.63, 3.8) is 0 Å². The highest BCUT2D eigenvalue weighted by atomic mass is 32.2. The first-order chi connectivity index (χ1) is 11.9. The number of sulfonamides is 1. The van der Waals surface area contributed by atoms with Crippen LogP contribution in [0.25, 0.3) is 10.7 Å². The fourth-order valence-electron chi connectivity index (χ4n) is 2.20. The number of thiophene rings is 1. The van der Waals surface area contributed by atoms with Gasteiger partial charge in [-0.15, -0.1) is 11.3 Å². The number of nitrogens with zero attached hydrogens (tertiary/aromatic N) is 2. The molecule has 25 heavy (non-hydrogen) atoms. The van der Waals surface area contributed by atoms with E-state index in [4.69, 9.17) is 4.52 Å². The summed E-state index contributed by atoms with van der Waals surface area (Å²) in [6.07, 6.45) is 0.613. The zero-order valence-corrected chi connectivity index (χ0v) is 15.2. The largest absolute Gasteiger partial charge is 0.339 e. The van der Waals surface area contributed by atoms with Gasteiger partial charge in [0, 0.05) is 17.8 Å². The van der Waals surface area contributed by atoms with E-state index in [9.17, 15) is 12.8 Å². The third kappa shape index (κ3) is 3.94. The molecule has 0 unspecified atom stereocenters. The third-order valence-electron chi connectivity index (χ3n) is 3.53. The molecule has 0 aliphatic heterocycles. The predicted octanol–water partition coefficient (Wildman–Crippen LogP) is 3.29. The number of halogens is 1. The third-order valence-corrected chi connectivity index (χ3v) is 6.24. The average molecular weight is 381 g/mol. The molecule has 2 aromatic heterocycles. The van der Waals surface area contributed by atoms with Crippen molar-refractivity contribution in [2.24, 2.45) is 0 Å². The maximum Gasteiger partial charge on any atom is 0.241 e. The van der Waals surface area contributed by atoms with E-state index in [1.165, 1.54) is 41.7 Å². The first-order valence-electron chi connectivity index (χ1n) is 7.56. The molecule has 0 saturated heterocycles. The Morgan fingerprint density at radius 1 is 1.28 bits per heavy atom. The molecule has 1 aromatic carbocycles. The molecule has 1 N–H and O–H groups in total. The van der Waals surface area contributed by atoms with Gasteiger partial charge >= 0.3 is 0 Å². The number of aryl methyl sites for hydroxylation is 2. The molecule has 3 rings (SSSR count). The number of aromatic nitrogens is 2. The van der Waals surface area contributed by atoms with Crippen LogP contribution >= 0.6 is 11.3 Å². The summed E-state index contributed by atoms with van der Waals surface area (Å²) in [5, 5.41) is 3.87. The summed E-state index contributed by atoms with van der Waals surface area (Å²) in [5.41, 5.74) is 0.670. The molecule has 0 aliphatic carbocycles. The summed E-state index contributed by atoms with van der Waals surface area (Å²) in [6.45, 7) is 3.70. The molecule has 0 bridgehead atoms. The first kappa shape index (κ1) is 17.7. The van der Waals surface area contributed by atoms with E-state index < -0.39 is 10.0 Å². The fourth-order valence-corrected chi connectivity index (χ4v) is 4.73. The Hall–Kier alpha value is -2.10. The maximum atomic E-state index is 12.9. The molecule has 0 radical (unpaired) electrons. The zero-order valence-electron chi connectivity index (χ0n) is 13.6. The Bertz CT molecular complexity index is 978. The Labute approximate surface area is 148 Å². The standard InChI is InChI=1S/C16H16FN3O3S2/c1-3-15-19-16(20-23-15)13-8-14(10(2)24-13)25(21,22)18-9-11-4-6-12(17)7-5-11/h4-8,18H,3,9H2,1-2H3. The molecular formula is C16H16FN3O3S2. The number of benzene rings is 1. The van der Waals surface area contributed by atoms with E-state index >= 15 is 0 Å². The molecule has 0 atom stereocenters. The predicted molar refractivity (Wildman–Crippen MR) is 92.2 cm³/mol. The van der Waals surface area contributed by atoms with Crippen LogP contribution in [-0.2, 0) is 23.0 Å². The van der Waals surface area contributed by atoms with Gasteiger partial charge in [0.15, 0.2) is 0 Å². The quantitative estimate of drug-likeness (QED) is 0.708. The highest BCUT2D eigenvalue weighted by Gasteiger charge is 2.22. The van der Waals surface area contributed by atoms with Gasteiger partial charge < -0.3 is 4.52 Å². The minimum Gasteiger partial charge on any atom is -0.339 e. The van der Waals surface area contributed by atoms with E-state index in [0.717, 1.165) is 0 Å². The summed E-state index contributed by atoms with van der Waals surface area (Å²) in [5.74, 6) is 0.515. The monoisotopic (exact) mass is 381 g/mol. The van der Waals surface area contributed by atoms with Gasteiger partial charge in [-0.1, -0.05) is 24.2 Å². The number of nitrogens with one attached hydrogen (secondary N) is 1. The van der Waals surface area contributed by atoms with Gasteiger partial charge in [-0.05, 0) is 30.7 Å². The molecule has 9 heteroatoms. The lowest BCUT2D eigenvalue weighted by Crippen LogP contribution is -2.23. The van der Waals surface area contributed by atoms with Crippen molar-refractivity contribution in [1.29, 1.82) is 0 Å². The van der Waals surface area contributed by atoms with Gasteiger partial charge in [-0.25, -0.2) is 17.5 Å². The molecule has 132 valence electrons. The smallest absolute Gasteiger partial charge is 0.241 e. The summed E-state index contributed by atoms with van der Waals surface area (Å²) in [4.78, 5) is 5.65. The summed E-state index contributed by atoms with van der Waals surface area (Å²) in [6, 6.07) is 7.19. The highest BCUT2D eigenvalue weighted by Crippen LogP contribution is 2.32. The van der Waals surface area contributed by atoms with Crippen LogP contribution in [0.5, 0.6) is 0 Å². The van der Waals surface area contributed by atoms with Crippen molar-refractivity contribution in [2.45, 2.75) is 31.7 Å². The van der Waals surface area contributed by atoms with E-state index in [2.05, 4.69) is 14.9 Å². The van der Waals surface area contributed by atoms with Crippen LogP contribution in [0, 0.1) is 12.7 Å². The first-order valence-corrected chi connectivity index (χ1v) is 9.86. The van der Waals surface area contributed by atoms with E-state index in [-0.39, 0.29) is 17.3 Å². The molecule has 0 saturated carbocycles. The van der Waals surface area contributed by atoms with Crippen LogP contribution in [0.2, 0.25) is 0 Å². The Morgan fingerprint density at radius 2 is 2.00 bits per heavy atom. The summed E-state index contributed by atoms with van der Waals surface area (Å²) in [7, 11) is -3.70. The van der Waals surface area contributed by atoms with Gasteiger partial charge in [-0.2, -0.15) is 4.98 Å². The lowest BCUT2D eigenvalue weighted by atomic mass is 10.2. The molecule has 2 heterocycles. The second-order valence-corrected chi connectivity index (χ2v) is 8.34. The van der Waals surface area contributed by atoms with Gasteiger partial charge in [0.05, 0.1) is 9.77 Å². The Balaban J connectivity index is 1.81. The molecule has 0 amide bonds. The maximum absolute atomic E-state index is 12.9. The van der Waals surface area contributed by atoms with E-state index in [0.29, 0.717) is 33.5 Å². The SMILES string of the molecule is CCc1nc(-c2cc(S(=O)(=O)NCc3ccc(F)cc3)c(C)s2)no1. The van der Waals surface area contributed by atoms with Crippen molar-refractivity contribution in [1.82, 2.24) is 14.9 Å². The Kier molecular flexibility index (Phi) is 4.98. The summed E-state index contributed by atoms with van der Waals surface area (Å²) >= 11 is 1.29. The highest BCUT2D eigenvalue weighted by molar-refractivity contribution is 7.89. The van der Waals surface area contributed by atoms with Crippen LogP contribution in [0.15, 0.2) is 39.8 Å².